The summed E-state index contributed by atoms with van der Waals surface area (Å²) in [6, 6.07) is 17.4. The first-order chi connectivity index (χ1) is 14.6. The summed E-state index contributed by atoms with van der Waals surface area (Å²) < 4.78 is 5.27. The molecule has 30 heavy (non-hydrogen) atoms. The number of carbonyl (C=O) groups excluding carboxylic acids is 2. The molecular formula is C24H31N3O3. The number of hydrogen-bond acceptors (Lipinski definition) is 4. The summed E-state index contributed by atoms with van der Waals surface area (Å²) >= 11 is 0. The summed E-state index contributed by atoms with van der Waals surface area (Å²) in [6.07, 6.45) is 2.57. The molecule has 0 saturated carbocycles. The number of rotatable bonds is 9. The van der Waals surface area contributed by atoms with Gasteiger partial charge in [-0.05, 0) is 49.2 Å². The smallest absolute Gasteiger partial charge is 0.222 e. The molecule has 1 aliphatic heterocycles. The molecule has 2 atom stereocenters. The summed E-state index contributed by atoms with van der Waals surface area (Å²) in [7, 11) is 1.66. The van der Waals surface area contributed by atoms with Crippen LogP contribution in [0.4, 0.5) is 0 Å². The molecule has 0 aromatic heterocycles. The van der Waals surface area contributed by atoms with Gasteiger partial charge in [0.05, 0.1) is 25.6 Å². The van der Waals surface area contributed by atoms with Crippen LogP contribution in [0.1, 0.15) is 49.4 Å². The van der Waals surface area contributed by atoms with E-state index in [0.717, 1.165) is 24.4 Å². The van der Waals surface area contributed by atoms with Gasteiger partial charge in [0.2, 0.25) is 11.8 Å². The summed E-state index contributed by atoms with van der Waals surface area (Å²) in [5, 5.41) is 5.99. The van der Waals surface area contributed by atoms with E-state index in [0.29, 0.717) is 6.54 Å². The van der Waals surface area contributed by atoms with Crippen LogP contribution >= 0.6 is 0 Å². The number of methoxy groups -OCH3 is 1. The fraction of sp³-hybridized carbons (Fsp3) is 0.417. The van der Waals surface area contributed by atoms with Gasteiger partial charge in [-0.1, -0.05) is 42.5 Å². The Balaban J connectivity index is 1.66. The molecule has 2 aromatic carbocycles. The lowest BCUT2D eigenvalue weighted by Crippen LogP contribution is -2.38. The van der Waals surface area contributed by atoms with Crippen molar-refractivity contribution in [3.8, 4) is 5.75 Å². The van der Waals surface area contributed by atoms with Crippen LogP contribution in [0.2, 0.25) is 0 Å². The number of likely N-dealkylation sites (tertiary alicyclic amines) is 1. The third kappa shape index (κ3) is 6.07. The van der Waals surface area contributed by atoms with E-state index in [4.69, 9.17) is 4.74 Å². The molecule has 0 aliphatic carbocycles. The number of ether oxygens (including phenoxy) is 1. The van der Waals surface area contributed by atoms with Crippen molar-refractivity contribution in [2.24, 2.45) is 0 Å². The van der Waals surface area contributed by atoms with Crippen LogP contribution in [0, 0.1) is 0 Å². The second-order valence-electron chi connectivity index (χ2n) is 7.70. The highest BCUT2D eigenvalue weighted by Gasteiger charge is 2.25. The summed E-state index contributed by atoms with van der Waals surface area (Å²) in [6.45, 7) is 4.07. The van der Waals surface area contributed by atoms with Gasteiger partial charge in [0.1, 0.15) is 5.75 Å². The van der Waals surface area contributed by atoms with E-state index in [1.54, 1.807) is 7.11 Å². The standard InChI is InChI=1S/C24H31N3O3/c1-18(28)26-22(19-8-4-3-5-9-19)16-24(29)25-17-23(27-14-6-7-15-27)20-10-12-21(30-2)13-11-20/h3-5,8-13,22-23H,6-7,14-17H2,1-2H3,(H,25,29)(H,26,28)/t22-,23+/m1/s1. The Labute approximate surface area is 178 Å². The molecule has 1 saturated heterocycles. The minimum Gasteiger partial charge on any atom is -0.497 e. The Hall–Kier alpha value is -2.86. The number of benzene rings is 2. The molecule has 160 valence electrons. The summed E-state index contributed by atoms with van der Waals surface area (Å²) in [4.78, 5) is 26.8. The SMILES string of the molecule is COc1ccc([C@H](CNC(=O)C[C@@H](NC(C)=O)c2ccccc2)N2CCCC2)cc1. The minimum atomic E-state index is -0.338. The lowest BCUT2D eigenvalue weighted by atomic mass is 10.0. The predicted octanol–water partition coefficient (Wildman–Crippen LogP) is 3.22. The van der Waals surface area contributed by atoms with Crippen molar-refractivity contribution in [3.63, 3.8) is 0 Å². The summed E-state index contributed by atoms with van der Waals surface area (Å²) in [5.74, 6) is 0.601. The van der Waals surface area contributed by atoms with Crippen molar-refractivity contribution in [1.82, 2.24) is 15.5 Å². The van der Waals surface area contributed by atoms with E-state index in [9.17, 15) is 9.59 Å². The maximum Gasteiger partial charge on any atom is 0.222 e. The fourth-order valence-corrected chi connectivity index (χ4v) is 3.99. The predicted molar refractivity (Wildman–Crippen MR) is 117 cm³/mol. The van der Waals surface area contributed by atoms with Crippen LogP contribution in [-0.2, 0) is 9.59 Å². The molecular weight excluding hydrogens is 378 g/mol. The van der Waals surface area contributed by atoms with E-state index in [2.05, 4.69) is 27.7 Å². The Kier molecular flexibility index (Phi) is 7.85. The molecule has 1 aliphatic rings. The second-order valence-corrected chi connectivity index (χ2v) is 7.70. The molecule has 0 radical (unpaired) electrons. The highest BCUT2D eigenvalue weighted by atomic mass is 16.5. The van der Waals surface area contributed by atoms with Crippen LogP contribution in [0.15, 0.2) is 54.6 Å². The minimum absolute atomic E-state index is 0.0738. The van der Waals surface area contributed by atoms with Gasteiger partial charge in [-0.15, -0.1) is 0 Å². The maximum absolute atomic E-state index is 12.8. The first-order valence-corrected chi connectivity index (χ1v) is 10.5. The topological polar surface area (TPSA) is 70.7 Å². The third-order valence-electron chi connectivity index (χ3n) is 5.54. The van der Waals surface area contributed by atoms with Gasteiger partial charge in [0.25, 0.3) is 0 Å². The van der Waals surface area contributed by atoms with Crippen LogP contribution < -0.4 is 15.4 Å². The molecule has 2 amide bonds. The van der Waals surface area contributed by atoms with Gasteiger partial charge in [-0.25, -0.2) is 0 Å². The number of carbonyl (C=O) groups is 2. The van der Waals surface area contributed by atoms with Crippen LogP contribution in [0.5, 0.6) is 5.75 Å². The number of nitrogens with zero attached hydrogens (tertiary/aromatic N) is 1. The van der Waals surface area contributed by atoms with E-state index in [-0.39, 0.29) is 30.3 Å². The molecule has 0 bridgehead atoms. The number of hydrogen-bond donors (Lipinski definition) is 2. The first kappa shape index (κ1) is 21.8. The van der Waals surface area contributed by atoms with Crippen LogP contribution in [0.25, 0.3) is 0 Å². The van der Waals surface area contributed by atoms with Gasteiger partial charge in [0.15, 0.2) is 0 Å². The Morgan fingerprint density at radius 2 is 1.67 bits per heavy atom. The van der Waals surface area contributed by atoms with Crippen LogP contribution in [0.3, 0.4) is 0 Å². The molecule has 2 aromatic rings. The molecule has 0 unspecified atom stereocenters. The highest BCUT2D eigenvalue weighted by molar-refractivity contribution is 5.79. The van der Waals surface area contributed by atoms with Crippen molar-refractivity contribution in [1.29, 1.82) is 0 Å². The normalized spacial score (nSPS) is 15.9. The zero-order valence-corrected chi connectivity index (χ0v) is 17.8. The number of nitrogens with one attached hydrogen (secondary N) is 2. The average Bonchev–Trinajstić information content (AvgIpc) is 3.29. The second kappa shape index (κ2) is 10.8. The van der Waals surface area contributed by atoms with Crippen molar-refractivity contribution in [3.05, 3.63) is 65.7 Å². The monoisotopic (exact) mass is 409 g/mol. The van der Waals surface area contributed by atoms with Crippen molar-refractivity contribution in [2.75, 3.05) is 26.7 Å². The van der Waals surface area contributed by atoms with Gasteiger partial charge in [-0.2, -0.15) is 0 Å². The average molecular weight is 410 g/mol. The summed E-state index contributed by atoms with van der Waals surface area (Å²) in [5.41, 5.74) is 2.09. The lowest BCUT2D eigenvalue weighted by molar-refractivity contribution is -0.123. The Morgan fingerprint density at radius 3 is 2.27 bits per heavy atom. The first-order valence-electron chi connectivity index (χ1n) is 10.5. The van der Waals surface area contributed by atoms with Gasteiger partial charge in [0, 0.05) is 13.5 Å². The lowest BCUT2D eigenvalue weighted by Gasteiger charge is -2.28. The van der Waals surface area contributed by atoms with Gasteiger partial charge >= 0.3 is 0 Å². The third-order valence-corrected chi connectivity index (χ3v) is 5.54. The van der Waals surface area contributed by atoms with Crippen molar-refractivity contribution < 1.29 is 14.3 Å². The molecule has 2 N–H and O–H groups in total. The molecule has 6 nitrogen and oxygen atoms in total. The zero-order valence-electron chi connectivity index (χ0n) is 17.8. The molecule has 6 heteroatoms. The molecule has 1 fully saturated rings. The Bertz CT molecular complexity index is 817. The van der Waals surface area contributed by atoms with Crippen molar-refractivity contribution in [2.45, 2.75) is 38.3 Å². The molecule has 1 heterocycles. The van der Waals surface area contributed by atoms with Gasteiger partial charge < -0.3 is 15.4 Å². The maximum atomic E-state index is 12.8. The fourth-order valence-electron chi connectivity index (χ4n) is 3.99. The highest BCUT2D eigenvalue weighted by Crippen LogP contribution is 2.26. The quantitative estimate of drug-likeness (QED) is 0.667. The molecule has 3 rings (SSSR count). The van der Waals surface area contributed by atoms with E-state index >= 15 is 0 Å². The Morgan fingerprint density at radius 1 is 1.00 bits per heavy atom. The molecule has 0 spiro atoms. The van der Waals surface area contributed by atoms with E-state index < -0.39 is 0 Å². The zero-order chi connectivity index (χ0) is 21.3. The van der Waals surface area contributed by atoms with Gasteiger partial charge in [-0.3, -0.25) is 14.5 Å². The van der Waals surface area contributed by atoms with Crippen molar-refractivity contribution >= 4 is 11.8 Å². The largest absolute Gasteiger partial charge is 0.497 e. The van der Waals surface area contributed by atoms with Crippen LogP contribution in [-0.4, -0.2) is 43.5 Å². The van der Waals surface area contributed by atoms with E-state index in [1.807, 2.05) is 42.5 Å². The van der Waals surface area contributed by atoms with E-state index in [1.165, 1.54) is 25.3 Å². The number of amides is 2.